The standard InChI is InChI=1S/C23H29ClN2O5S/c1-16-9-11-22(31-3)20(13-16)25-23(27)15-26(17-7-5-4-6-8-17)32(28,29)18-10-12-21(30-2)19(24)14-18/h9-14,17H,4-8,15H2,1-3H3,(H,25,27). The molecule has 2 aromatic carbocycles. The molecule has 0 atom stereocenters. The summed E-state index contributed by atoms with van der Waals surface area (Å²) in [5.41, 5.74) is 1.46. The van der Waals surface area contributed by atoms with Crippen LogP contribution in [-0.2, 0) is 14.8 Å². The van der Waals surface area contributed by atoms with Gasteiger partial charge >= 0.3 is 0 Å². The van der Waals surface area contributed by atoms with Crippen molar-refractivity contribution in [3.8, 4) is 11.5 Å². The summed E-state index contributed by atoms with van der Waals surface area (Å²) >= 11 is 6.19. The van der Waals surface area contributed by atoms with Crippen LogP contribution in [0.25, 0.3) is 0 Å². The van der Waals surface area contributed by atoms with Crippen LogP contribution in [0, 0.1) is 6.92 Å². The number of halogens is 1. The van der Waals surface area contributed by atoms with Gasteiger partial charge in [0.2, 0.25) is 15.9 Å². The zero-order chi connectivity index (χ0) is 23.3. The van der Waals surface area contributed by atoms with Crippen molar-refractivity contribution >= 4 is 33.2 Å². The van der Waals surface area contributed by atoms with Gasteiger partial charge in [-0.1, -0.05) is 36.9 Å². The number of benzene rings is 2. The van der Waals surface area contributed by atoms with Gasteiger partial charge in [-0.05, 0) is 55.7 Å². The van der Waals surface area contributed by atoms with Gasteiger partial charge in [-0.25, -0.2) is 8.42 Å². The molecular weight excluding hydrogens is 452 g/mol. The van der Waals surface area contributed by atoms with Crippen molar-refractivity contribution in [2.45, 2.75) is 50.0 Å². The molecule has 0 bridgehead atoms. The molecule has 2 aromatic rings. The summed E-state index contributed by atoms with van der Waals surface area (Å²) in [5.74, 6) is 0.472. The summed E-state index contributed by atoms with van der Waals surface area (Å²) in [5, 5.41) is 3.01. The van der Waals surface area contributed by atoms with E-state index in [2.05, 4.69) is 5.32 Å². The number of carbonyl (C=O) groups excluding carboxylic acids is 1. The number of hydrogen-bond donors (Lipinski definition) is 1. The molecule has 1 amide bonds. The Morgan fingerprint density at radius 1 is 1.06 bits per heavy atom. The molecule has 1 fully saturated rings. The van der Waals surface area contributed by atoms with E-state index in [1.54, 1.807) is 12.1 Å². The van der Waals surface area contributed by atoms with Crippen molar-refractivity contribution in [2.24, 2.45) is 0 Å². The first-order valence-electron chi connectivity index (χ1n) is 10.6. The molecule has 0 unspecified atom stereocenters. The predicted octanol–water partition coefficient (Wildman–Crippen LogP) is 4.63. The molecule has 0 aromatic heterocycles. The van der Waals surface area contributed by atoms with Gasteiger partial charge in [-0.15, -0.1) is 0 Å². The molecule has 0 spiro atoms. The maximum absolute atomic E-state index is 13.6. The van der Waals surface area contributed by atoms with Crippen LogP contribution in [0.1, 0.15) is 37.7 Å². The fraction of sp³-hybridized carbons (Fsp3) is 0.435. The average Bonchev–Trinajstić information content (AvgIpc) is 2.78. The molecule has 174 valence electrons. The second kappa shape index (κ2) is 10.6. The molecule has 32 heavy (non-hydrogen) atoms. The van der Waals surface area contributed by atoms with Gasteiger partial charge < -0.3 is 14.8 Å². The zero-order valence-corrected chi connectivity index (χ0v) is 20.1. The minimum absolute atomic E-state index is 0.0369. The normalized spacial score (nSPS) is 14.9. The van der Waals surface area contributed by atoms with E-state index in [-0.39, 0.29) is 22.5 Å². The van der Waals surface area contributed by atoms with Gasteiger partial charge in [0, 0.05) is 6.04 Å². The summed E-state index contributed by atoms with van der Waals surface area (Å²) < 4.78 is 38.9. The lowest BCUT2D eigenvalue weighted by Gasteiger charge is -2.33. The van der Waals surface area contributed by atoms with Crippen molar-refractivity contribution in [1.29, 1.82) is 0 Å². The summed E-state index contributed by atoms with van der Waals surface area (Å²) in [6.07, 6.45) is 4.33. The zero-order valence-electron chi connectivity index (χ0n) is 18.6. The van der Waals surface area contributed by atoms with Crippen LogP contribution in [0.4, 0.5) is 5.69 Å². The Bertz CT molecular complexity index is 1070. The summed E-state index contributed by atoms with van der Waals surface area (Å²) in [7, 11) is -0.972. The monoisotopic (exact) mass is 480 g/mol. The lowest BCUT2D eigenvalue weighted by molar-refractivity contribution is -0.116. The third kappa shape index (κ3) is 5.54. The highest BCUT2D eigenvalue weighted by Gasteiger charge is 2.34. The number of rotatable bonds is 8. The van der Waals surface area contributed by atoms with Gasteiger partial charge in [0.05, 0.1) is 36.4 Å². The molecule has 9 heteroatoms. The Labute approximate surface area is 194 Å². The van der Waals surface area contributed by atoms with Crippen molar-refractivity contribution in [2.75, 3.05) is 26.1 Å². The van der Waals surface area contributed by atoms with Crippen LogP contribution >= 0.6 is 11.6 Å². The average molecular weight is 481 g/mol. The Morgan fingerprint density at radius 2 is 1.72 bits per heavy atom. The molecule has 1 aliphatic carbocycles. The summed E-state index contributed by atoms with van der Waals surface area (Å²) in [4.78, 5) is 13.0. The minimum Gasteiger partial charge on any atom is -0.495 e. The van der Waals surface area contributed by atoms with Crippen LogP contribution in [0.5, 0.6) is 11.5 Å². The van der Waals surface area contributed by atoms with Gasteiger partial charge in [0.1, 0.15) is 11.5 Å². The first-order valence-corrected chi connectivity index (χ1v) is 12.4. The van der Waals surface area contributed by atoms with Crippen molar-refractivity contribution in [3.63, 3.8) is 0 Å². The third-order valence-electron chi connectivity index (χ3n) is 5.64. The molecule has 1 N–H and O–H groups in total. The maximum Gasteiger partial charge on any atom is 0.243 e. The molecule has 1 saturated carbocycles. The van der Waals surface area contributed by atoms with Gasteiger partial charge in [-0.3, -0.25) is 4.79 Å². The topological polar surface area (TPSA) is 84.9 Å². The molecule has 0 saturated heterocycles. The molecule has 3 rings (SSSR count). The van der Waals surface area contributed by atoms with Crippen molar-refractivity contribution in [3.05, 3.63) is 47.0 Å². The Morgan fingerprint density at radius 3 is 2.34 bits per heavy atom. The first-order chi connectivity index (χ1) is 15.3. The van der Waals surface area contributed by atoms with E-state index in [1.807, 2.05) is 13.0 Å². The minimum atomic E-state index is -3.96. The Kier molecular flexibility index (Phi) is 8.03. The largest absolute Gasteiger partial charge is 0.495 e. The maximum atomic E-state index is 13.6. The number of hydrogen-bond acceptors (Lipinski definition) is 5. The van der Waals surface area contributed by atoms with Crippen LogP contribution in [-0.4, -0.2) is 45.4 Å². The van der Waals surface area contributed by atoms with Crippen molar-refractivity contribution in [1.82, 2.24) is 4.31 Å². The van der Waals surface area contributed by atoms with Crippen molar-refractivity contribution < 1.29 is 22.7 Å². The van der Waals surface area contributed by atoms with Crippen LogP contribution in [0.15, 0.2) is 41.3 Å². The molecule has 0 heterocycles. The lowest BCUT2D eigenvalue weighted by Crippen LogP contribution is -2.45. The molecule has 7 nitrogen and oxygen atoms in total. The van der Waals surface area contributed by atoms with Gasteiger partial charge in [0.25, 0.3) is 0 Å². The highest BCUT2D eigenvalue weighted by Crippen LogP contribution is 2.32. The van der Waals surface area contributed by atoms with Crippen LogP contribution in [0.3, 0.4) is 0 Å². The second-order valence-electron chi connectivity index (χ2n) is 7.89. The number of methoxy groups -OCH3 is 2. The smallest absolute Gasteiger partial charge is 0.243 e. The fourth-order valence-corrected chi connectivity index (χ4v) is 5.96. The van der Waals surface area contributed by atoms with Gasteiger partial charge in [0.15, 0.2) is 0 Å². The molecule has 1 aliphatic rings. The summed E-state index contributed by atoms with van der Waals surface area (Å²) in [6, 6.07) is 9.52. The Balaban J connectivity index is 1.90. The number of nitrogens with one attached hydrogen (secondary N) is 1. The van der Waals surface area contributed by atoms with E-state index in [9.17, 15) is 13.2 Å². The molecule has 0 radical (unpaired) electrons. The number of anilines is 1. The van der Waals surface area contributed by atoms with E-state index in [1.165, 1.54) is 36.7 Å². The lowest BCUT2D eigenvalue weighted by atomic mass is 9.95. The number of sulfonamides is 1. The fourth-order valence-electron chi connectivity index (χ4n) is 3.97. The first kappa shape index (κ1) is 24.4. The third-order valence-corrected chi connectivity index (χ3v) is 7.83. The molecule has 0 aliphatic heterocycles. The highest BCUT2D eigenvalue weighted by molar-refractivity contribution is 7.89. The second-order valence-corrected chi connectivity index (χ2v) is 10.2. The van der Waals surface area contributed by atoms with Gasteiger partial charge in [-0.2, -0.15) is 4.31 Å². The van der Waals surface area contributed by atoms with E-state index < -0.39 is 15.9 Å². The van der Waals surface area contributed by atoms with E-state index in [0.29, 0.717) is 30.0 Å². The van der Waals surface area contributed by atoms with Crippen LogP contribution < -0.4 is 14.8 Å². The number of aryl methyl sites for hydroxylation is 1. The SMILES string of the molecule is COc1ccc(S(=O)(=O)N(CC(=O)Nc2cc(C)ccc2OC)C2CCCCC2)cc1Cl. The van der Waals surface area contributed by atoms with E-state index >= 15 is 0 Å². The Hall–Kier alpha value is -2.29. The molecular formula is C23H29ClN2O5S. The summed E-state index contributed by atoms with van der Waals surface area (Å²) in [6.45, 7) is 1.61. The quantitative estimate of drug-likeness (QED) is 0.595. The number of amides is 1. The number of carbonyl (C=O) groups is 1. The predicted molar refractivity (Wildman–Crippen MR) is 125 cm³/mol. The van der Waals surface area contributed by atoms with E-state index in [0.717, 1.165) is 24.8 Å². The van der Waals surface area contributed by atoms with E-state index in [4.69, 9.17) is 21.1 Å². The number of ether oxygens (including phenoxy) is 2. The van der Waals surface area contributed by atoms with Crippen LogP contribution in [0.2, 0.25) is 5.02 Å². The number of nitrogens with zero attached hydrogens (tertiary/aromatic N) is 1. The highest BCUT2D eigenvalue weighted by atomic mass is 35.5.